The van der Waals surface area contributed by atoms with Crippen molar-refractivity contribution in [3.8, 4) is 62.5 Å². The number of pyridine rings is 3. The monoisotopic (exact) mass is 1430 g/mol. The number of phenolic OH excluding ortho intramolecular Hbond substituents is 1. The van der Waals surface area contributed by atoms with Gasteiger partial charge in [-0.25, -0.2) is 23.9 Å². The minimum absolute atomic E-state index is 0. The second-order valence-electron chi connectivity index (χ2n) is 20.1. The summed E-state index contributed by atoms with van der Waals surface area (Å²) in [6, 6.07) is 48.9. The molecule has 3 aromatic heterocycles. The van der Waals surface area contributed by atoms with Crippen molar-refractivity contribution in [2.24, 2.45) is 5.73 Å². The van der Waals surface area contributed by atoms with E-state index >= 15 is 0 Å². The van der Waals surface area contributed by atoms with E-state index in [1.807, 2.05) is 36.4 Å². The predicted molar refractivity (Wildman–Crippen MR) is 335 cm³/mol. The molecular weight excluding hydrogens is 1370 g/mol. The van der Waals surface area contributed by atoms with Gasteiger partial charge in [-0.15, -0.1) is 0 Å². The van der Waals surface area contributed by atoms with E-state index in [-0.39, 0.29) is 128 Å². The van der Waals surface area contributed by atoms with Crippen LogP contribution in [-0.4, -0.2) is 113 Å². The molecule has 0 spiro atoms. The number of nitrogens with zero attached hydrogens (tertiary/aromatic N) is 5. The smallest absolute Gasteiger partial charge is 1.00 e. The summed E-state index contributed by atoms with van der Waals surface area (Å²) in [6.45, 7) is 5.93. The molecule has 2 fully saturated rings. The third-order valence-corrected chi connectivity index (χ3v) is 13.3. The summed E-state index contributed by atoms with van der Waals surface area (Å²) in [4.78, 5) is 71.3. The molecule has 5 heterocycles. The van der Waals surface area contributed by atoms with Crippen LogP contribution in [0.4, 0.5) is 53.5 Å². The first-order valence-corrected chi connectivity index (χ1v) is 28.9. The fraction of sp³-hybridized carbons (Fsp3) is 0.176. The number of aldehydes is 2. The van der Waals surface area contributed by atoms with Gasteiger partial charge in [-0.05, 0) is 182 Å². The zero-order chi connectivity index (χ0) is 70.4. The van der Waals surface area contributed by atoms with E-state index in [4.69, 9.17) is 30.4 Å². The molecule has 31 heteroatoms. The van der Waals surface area contributed by atoms with E-state index in [2.05, 4.69) is 35.8 Å². The van der Waals surface area contributed by atoms with Crippen molar-refractivity contribution in [3.63, 3.8) is 0 Å². The Bertz CT molecular complexity index is 3950. The van der Waals surface area contributed by atoms with E-state index in [0.29, 0.717) is 104 Å². The Morgan fingerprint density at radius 2 is 0.859 bits per heavy atom. The molecule has 6 N–H and O–H groups in total. The number of halogens is 10. The maximum absolute atomic E-state index is 12.7. The molecule has 9 aromatic rings. The number of rotatable bonds is 17. The summed E-state index contributed by atoms with van der Waals surface area (Å²) in [6.07, 6.45) is -11.7. The summed E-state index contributed by atoms with van der Waals surface area (Å²) in [5, 5.41) is 26.3. The van der Waals surface area contributed by atoms with Crippen LogP contribution < -0.4 is 139 Å². The molecule has 2 aliphatic rings. The summed E-state index contributed by atoms with van der Waals surface area (Å²) in [5.41, 5.74) is 9.32. The number of carbonyl (C=O) groups is 5. The molecule has 11 rings (SSSR count). The number of amides is 4. The van der Waals surface area contributed by atoms with Gasteiger partial charge in [0.15, 0.2) is 12.6 Å². The van der Waals surface area contributed by atoms with E-state index in [1.165, 1.54) is 24.3 Å². The zero-order valence-electron chi connectivity index (χ0n) is 53.9. The van der Waals surface area contributed by atoms with Crippen LogP contribution in [-0.2, 0) is 34.8 Å². The Kier molecular flexibility index (Phi) is 35.5. The fourth-order valence-electron chi connectivity index (χ4n) is 8.48. The Balaban J connectivity index is 0.000000342. The van der Waals surface area contributed by atoms with E-state index in [1.54, 1.807) is 101 Å². The molecule has 510 valence electrons. The van der Waals surface area contributed by atoms with E-state index in [9.17, 15) is 63.1 Å². The van der Waals surface area contributed by atoms with Crippen LogP contribution in [0.3, 0.4) is 0 Å². The maximum atomic E-state index is 12.7. The van der Waals surface area contributed by atoms with Crippen molar-refractivity contribution >= 4 is 31.1 Å². The number of alkyl halides is 9. The fourth-order valence-corrected chi connectivity index (χ4v) is 8.48. The third-order valence-electron chi connectivity index (χ3n) is 13.3. The molecule has 0 unspecified atom stereocenters. The second-order valence-corrected chi connectivity index (χ2v) is 20.1. The first-order valence-electron chi connectivity index (χ1n) is 28.9. The summed E-state index contributed by atoms with van der Waals surface area (Å²) >= 11 is 0. The number of urea groups is 2. The molecule has 99 heavy (non-hydrogen) atoms. The maximum Gasteiger partial charge on any atom is 1.00 e. The molecule has 2 aliphatic heterocycles. The Hall–Kier alpha value is -8.03. The minimum Gasteiger partial charge on any atom is -1.00 e. The molecule has 4 amide bonds. The average molecular weight is 1430 g/mol. The number of benzene rings is 6. The molecule has 0 bridgehead atoms. The van der Waals surface area contributed by atoms with Crippen molar-refractivity contribution in [1.29, 1.82) is 0 Å². The van der Waals surface area contributed by atoms with Gasteiger partial charge in [-0.1, -0.05) is 18.2 Å². The number of carbonyl (C=O) groups excluding carboxylic acids is 5. The predicted octanol–water partition coefficient (Wildman–Crippen LogP) is 6.68. The van der Waals surface area contributed by atoms with Gasteiger partial charge in [0.1, 0.15) is 46.0 Å². The van der Waals surface area contributed by atoms with Gasteiger partial charge >= 0.3 is 133 Å². The average Bonchev–Trinajstić information content (AvgIpc) is 0.945. The number of nitrogens with one attached hydrogen (secondary N) is 3. The normalized spacial score (nSPS) is 12.1. The van der Waals surface area contributed by atoms with E-state index < -0.39 is 41.0 Å². The Morgan fingerprint density at radius 3 is 1.20 bits per heavy atom. The SMILES string of the molecule is Fc1ccc(C(F)(F)F)cc1.NCCN1CCNC1=O.O=C1NCCN1CCNCc1cccc(-c2ccc(Oc3ccc(C(F)(F)F)cc3)cc2)n1.O=CO[O-].O=Cc1cccc(-c2ccc(O)cc2)n1.O=Cc1cccc(-c2ccc(Oc3ccc(C(F)(F)F)cc3)cc2)n1.[H-].[K+].[K+]. The summed E-state index contributed by atoms with van der Waals surface area (Å²) < 4.78 is 134. The molecule has 19 nitrogen and oxygen atoms in total. The van der Waals surface area contributed by atoms with Crippen LogP contribution in [0.2, 0.25) is 0 Å². The van der Waals surface area contributed by atoms with E-state index in [0.717, 1.165) is 89.8 Å². The first kappa shape index (κ1) is 83.4. The number of nitrogens with two attached hydrogens (primary N) is 1. The molecule has 0 saturated carbocycles. The van der Waals surface area contributed by atoms with Gasteiger partial charge in [0.2, 0.25) is 0 Å². The van der Waals surface area contributed by atoms with Gasteiger partial charge < -0.3 is 57.6 Å². The van der Waals surface area contributed by atoms with Crippen molar-refractivity contribution in [2.75, 3.05) is 52.4 Å². The molecular formula is C68H61F10K2N9O10. The van der Waals surface area contributed by atoms with Crippen LogP contribution >= 0.6 is 0 Å². The van der Waals surface area contributed by atoms with Crippen LogP contribution in [0.15, 0.2) is 200 Å². The van der Waals surface area contributed by atoms with Gasteiger partial charge in [0, 0.05) is 75.6 Å². The molecule has 0 aliphatic carbocycles. The van der Waals surface area contributed by atoms with Crippen LogP contribution in [0.5, 0.6) is 28.7 Å². The molecule has 0 atom stereocenters. The number of hydrogen-bond donors (Lipinski definition) is 5. The van der Waals surface area contributed by atoms with Crippen LogP contribution in [0.25, 0.3) is 33.8 Å². The third kappa shape index (κ3) is 29.0. The topological polar surface area (TPSA) is 264 Å². The minimum atomic E-state index is -4.38. The molecule has 2 saturated heterocycles. The van der Waals surface area contributed by atoms with Crippen LogP contribution in [0, 0.1) is 5.82 Å². The van der Waals surface area contributed by atoms with Gasteiger partial charge in [-0.2, -0.15) is 39.5 Å². The van der Waals surface area contributed by atoms with Gasteiger partial charge in [0.25, 0.3) is 6.47 Å². The number of hydrogen-bond acceptors (Lipinski definition) is 15. The number of phenols is 1. The summed E-state index contributed by atoms with van der Waals surface area (Å²) in [7, 11) is 0. The van der Waals surface area contributed by atoms with Gasteiger partial charge in [-0.3, -0.25) is 19.4 Å². The number of ether oxygens (including phenoxy) is 2. The van der Waals surface area contributed by atoms with Crippen molar-refractivity contribution in [3.05, 3.63) is 240 Å². The molecule has 6 aromatic carbocycles. The largest absolute Gasteiger partial charge is 1.00 e. The second kappa shape index (κ2) is 42.2. The molecule has 0 radical (unpaired) electrons. The van der Waals surface area contributed by atoms with Crippen LogP contribution in [0.1, 0.15) is 44.8 Å². The summed E-state index contributed by atoms with van der Waals surface area (Å²) in [5.74, 6) is 1.18. The standard InChI is InChI=1S/C24H23F3N4O2.C19H12F3NO2.C12H9NO2.C7H4F4.C5H11N3O.CH2O3.2K.H/c25-24(26,27)18-6-10-21(11-7-18)33-20-8-4-17(5-9-20)22-3-1-2-19(30-22)16-28-12-14-31-15-13-29-23(31)32;20-19(21,22)14-6-10-17(11-7-14)25-16-8-4-13(5-9-16)18-3-1-2-15(12-24)23-18;14-8-10-2-1-3-12(13-10)9-4-6-11(15)7-5-9;8-6-3-1-5(2-4-6)7(9,10)11;6-1-3-8-4-2-7-5(8)9;2-1-4-3;;;/h1-11,28H,12-16H2,(H,29,32);1-12H;1-8,15H;1-4H;1-4,6H2,(H,7,9);1,3H;;;/q;;;;;;2*+1;-1/p-1. The van der Waals surface area contributed by atoms with Crippen molar-refractivity contribution in [2.45, 2.75) is 25.1 Å². The van der Waals surface area contributed by atoms with Crippen molar-refractivity contribution < 1.29 is 197 Å². The Labute approximate surface area is 647 Å². The van der Waals surface area contributed by atoms with Gasteiger partial charge in [0.05, 0.1) is 39.5 Å². The zero-order valence-corrected chi connectivity index (χ0v) is 59.1. The number of aromatic hydroxyl groups is 1. The number of aromatic nitrogens is 3. The quantitative estimate of drug-likeness (QED) is 0.0159. The Morgan fingerprint density at radius 1 is 0.515 bits per heavy atom. The van der Waals surface area contributed by atoms with Crippen molar-refractivity contribution in [1.82, 2.24) is 40.7 Å². The first-order chi connectivity index (χ1) is 46.4.